The summed E-state index contributed by atoms with van der Waals surface area (Å²) in [6.07, 6.45) is 1.43. The van der Waals surface area contributed by atoms with Crippen molar-refractivity contribution in [2.75, 3.05) is 24.3 Å². The van der Waals surface area contributed by atoms with Gasteiger partial charge in [-0.05, 0) is 19.3 Å². The van der Waals surface area contributed by atoms with Crippen molar-refractivity contribution >= 4 is 42.4 Å². The van der Waals surface area contributed by atoms with Crippen LogP contribution in [0.1, 0.15) is 38.3 Å². The van der Waals surface area contributed by atoms with Crippen molar-refractivity contribution in [3.05, 3.63) is 12.7 Å². The Bertz CT molecular complexity index is 1170. The molecule has 3 fully saturated rings. The topological polar surface area (TPSA) is 207 Å². The minimum absolute atomic E-state index is 0.0213. The van der Waals surface area contributed by atoms with Crippen molar-refractivity contribution in [3.8, 4) is 0 Å². The Morgan fingerprint density at radius 1 is 1.19 bits per heavy atom. The molecule has 14 nitrogen and oxygen atoms in total. The third kappa shape index (κ3) is 5.72. The fraction of sp³-hybridized carbons (Fsp3) is 0.714. The number of aliphatic hydroxyl groups excluding tert-OH is 2. The molecule has 2 amide bonds. The van der Waals surface area contributed by atoms with E-state index in [-0.39, 0.29) is 43.1 Å². The van der Waals surface area contributed by atoms with Gasteiger partial charge in [0.05, 0.1) is 37.3 Å². The average molecular weight is 558 g/mol. The molecule has 16 heteroatoms. The summed E-state index contributed by atoms with van der Waals surface area (Å²) in [6, 6.07) is 0.288. The summed E-state index contributed by atoms with van der Waals surface area (Å²) in [4.78, 5) is 33.8. The van der Waals surface area contributed by atoms with Crippen LogP contribution in [0.3, 0.4) is 0 Å². The van der Waals surface area contributed by atoms with E-state index in [1.54, 1.807) is 0 Å². The van der Waals surface area contributed by atoms with E-state index in [0.717, 1.165) is 25.0 Å². The lowest BCUT2D eigenvalue weighted by Gasteiger charge is -2.18. The number of thioether (sulfide) groups is 1. The third-order valence-electron chi connectivity index (χ3n) is 7.06. The zero-order valence-corrected chi connectivity index (χ0v) is 21.8. The molecule has 0 radical (unpaired) electrons. The second-order valence-corrected chi connectivity index (χ2v) is 12.8. The number of hydrogen-bond donors (Lipinski definition) is 6. The van der Waals surface area contributed by atoms with Crippen LogP contribution in [0.15, 0.2) is 12.7 Å². The summed E-state index contributed by atoms with van der Waals surface area (Å²) < 4.78 is 25.1. The number of aliphatic hydroxyl groups is 2. The first-order valence-corrected chi connectivity index (χ1v) is 15.1. The number of nitrogens with two attached hydrogens (primary N) is 1. The van der Waals surface area contributed by atoms with Crippen molar-refractivity contribution < 1.29 is 33.7 Å². The van der Waals surface area contributed by atoms with E-state index in [0.29, 0.717) is 22.8 Å². The number of nitrogens with zero attached hydrogens (tertiary/aromatic N) is 4. The quantitative estimate of drug-likeness (QED) is 0.126. The maximum atomic E-state index is 12.5. The van der Waals surface area contributed by atoms with Gasteiger partial charge in [0.25, 0.3) is 0 Å². The molecule has 2 unspecified atom stereocenters. The van der Waals surface area contributed by atoms with Gasteiger partial charge in [0.1, 0.15) is 24.1 Å². The number of amides is 2. The SMILES string of the molecule is Nc1ncnc2c1ncn2[C@@H]1OC(CCP(=O)(O)OCCCCC[C@@H]2SC[C@@H]3NC(=O)N[C@@H]32)[C@@H](O)[C@H]1O. The fourth-order valence-electron chi connectivity index (χ4n) is 5.08. The maximum absolute atomic E-state index is 12.5. The van der Waals surface area contributed by atoms with Gasteiger partial charge in [-0.3, -0.25) is 9.13 Å². The lowest BCUT2D eigenvalue weighted by Crippen LogP contribution is -2.36. The number of nitrogens with one attached hydrogen (secondary N) is 2. The summed E-state index contributed by atoms with van der Waals surface area (Å²) in [5, 5.41) is 27.3. The van der Waals surface area contributed by atoms with E-state index in [2.05, 4.69) is 25.6 Å². The highest BCUT2D eigenvalue weighted by molar-refractivity contribution is 8.00. The number of anilines is 1. The molecule has 7 N–H and O–H groups in total. The number of fused-ring (bicyclic) bond motifs is 2. The van der Waals surface area contributed by atoms with Crippen LogP contribution in [0, 0.1) is 0 Å². The van der Waals surface area contributed by atoms with Gasteiger partial charge >= 0.3 is 13.6 Å². The first-order chi connectivity index (χ1) is 17.7. The lowest BCUT2D eigenvalue weighted by atomic mass is 10.0. The molecule has 5 heterocycles. The zero-order valence-electron chi connectivity index (χ0n) is 20.0. The molecule has 3 aliphatic rings. The first kappa shape index (κ1) is 26.6. The van der Waals surface area contributed by atoms with E-state index in [4.69, 9.17) is 15.0 Å². The van der Waals surface area contributed by atoms with E-state index in [9.17, 15) is 24.5 Å². The Morgan fingerprint density at radius 2 is 2.03 bits per heavy atom. The molecule has 8 atom stereocenters. The molecule has 37 heavy (non-hydrogen) atoms. The molecule has 2 aromatic heterocycles. The lowest BCUT2D eigenvalue weighted by molar-refractivity contribution is -0.0356. The number of aromatic nitrogens is 4. The molecule has 2 aromatic rings. The molecular weight excluding hydrogens is 525 g/mol. The summed E-state index contributed by atoms with van der Waals surface area (Å²) in [6.45, 7) is 0.150. The van der Waals surface area contributed by atoms with Gasteiger partial charge in [0.15, 0.2) is 17.7 Å². The van der Waals surface area contributed by atoms with Crippen molar-refractivity contribution in [3.63, 3.8) is 0 Å². The van der Waals surface area contributed by atoms with Crippen LogP contribution in [-0.2, 0) is 13.8 Å². The molecule has 204 valence electrons. The van der Waals surface area contributed by atoms with Gasteiger partial charge in [-0.2, -0.15) is 11.8 Å². The maximum Gasteiger partial charge on any atom is 0.328 e. The zero-order chi connectivity index (χ0) is 26.2. The highest BCUT2D eigenvalue weighted by Crippen LogP contribution is 2.45. The number of urea groups is 1. The van der Waals surface area contributed by atoms with Crippen LogP contribution in [0.5, 0.6) is 0 Å². The molecule has 3 saturated heterocycles. The molecule has 0 saturated carbocycles. The number of carbonyl (C=O) groups excluding carboxylic acids is 1. The second-order valence-electron chi connectivity index (χ2n) is 9.58. The number of carbonyl (C=O) groups is 1. The fourth-order valence-corrected chi connectivity index (χ4v) is 7.75. The monoisotopic (exact) mass is 557 g/mol. The van der Waals surface area contributed by atoms with Crippen LogP contribution in [0.25, 0.3) is 11.2 Å². The predicted molar refractivity (Wildman–Crippen MR) is 135 cm³/mol. The Labute approximate surface area is 217 Å². The van der Waals surface area contributed by atoms with Gasteiger partial charge in [-0.15, -0.1) is 0 Å². The van der Waals surface area contributed by atoms with Gasteiger partial charge in [-0.25, -0.2) is 19.7 Å². The largest absolute Gasteiger partial charge is 0.388 e. The summed E-state index contributed by atoms with van der Waals surface area (Å²) in [7, 11) is -3.90. The number of unbranched alkanes of at least 4 members (excludes halogenated alkanes) is 2. The van der Waals surface area contributed by atoms with Crippen molar-refractivity contribution in [1.82, 2.24) is 30.2 Å². The van der Waals surface area contributed by atoms with Gasteiger partial charge in [-0.1, -0.05) is 12.8 Å². The summed E-state index contributed by atoms with van der Waals surface area (Å²) >= 11 is 1.86. The Hall–Kier alpha value is -2.00. The van der Waals surface area contributed by atoms with Gasteiger partial charge in [0, 0.05) is 11.0 Å². The number of hydrogen-bond acceptors (Lipinski definition) is 11. The first-order valence-electron chi connectivity index (χ1n) is 12.3. The van der Waals surface area contributed by atoms with E-state index in [1.807, 2.05) is 11.8 Å². The predicted octanol–water partition coefficient (Wildman–Crippen LogP) is 0.346. The standard InChI is InChI=1S/C21H32N7O7PS/c22-18-15-19(24-9-23-18)28(10-25-15)20-17(30)16(29)12(35-20)5-7-36(32,33)34-6-3-1-2-4-13-14-11(8-37-13)26-21(31)27-14/h9-14,16-17,20,29-30H,1-8H2,(H,32,33)(H2,22,23,24)(H2,26,27,31)/t11-,12?,13-,14-,16+,17+,20+/m0/s1. The summed E-state index contributed by atoms with van der Waals surface area (Å²) in [5.74, 6) is 1.10. The second kappa shape index (κ2) is 11.0. The number of rotatable bonds is 11. The van der Waals surface area contributed by atoms with E-state index in [1.165, 1.54) is 17.2 Å². The van der Waals surface area contributed by atoms with Crippen molar-refractivity contribution in [1.29, 1.82) is 0 Å². The Balaban J connectivity index is 1.03. The molecular formula is C21H32N7O7PS. The third-order valence-corrected chi connectivity index (χ3v) is 9.98. The van der Waals surface area contributed by atoms with E-state index < -0.39 is 32.1 Å². The van der Waals surface area contributed by atoms with Crippen LogP contribution in [0.2, 0.25) is 0 Å². The normalized spacial score (nSPS) is 32.8. The molecule has 3 aliphatic heterocycles. The average Bonchev–Trinajstić information content (AvgIpc) is 3.60. The van der Waals surface area contributed by atoms with E-state index >= 15 is 0 Å². The number of ether oxygens (including phenoxy) is 1. The van der Waals surface area contributed by atoms with Gasteiger partial charge < -0.3 is 40.7 Å². The summed E-state index contributed by atoms with van der Waals surface area (Å²) in [5.41, 5.74) is 6.49. The van der Waals surface area contributed by atoms with Crippen LogP contribution < -0.4 is 16.4 Å². The highest BCUT2D eigenvalue weighted by Gasteiger charge is 2.45. The van der Waals surface area contributed by atoms with Crippen LogP contribution in [0.4, 0.5) is 10.6 Å². The van der Waals surface area contributed by atoms with Crippen LogP contribution in [-0.4, -0.2) is 94.8 Å². The smallest absolute Gasteiger partial charge is 0.328 e. The Morgan fingerprint density at radius 3 is 2.86 bits per heavy atom. The van der Waals surface area contributed by atoms with Crippen molar-refractivity contribution in [2.45, 2.75) is 74.0 Å². The molecule has 0 spiro atoms. The van der Waals surface area contributed by atoms with Crippen molar-refractivity contribution in [2.24, 2.45) is 0 Å². The highest BCUT2D eigenvalue weighted by atomic mass is 32.2. The van der Waals surface area contributed by atoms with Crippen LogP contribution >= 0.6 is 19.4 Å². The number of imidazole rings is 1. The Kier molecular flexibility index (Phi) is 7.91. The van der Waals surface area contributed by atoms with Gasteiger partial charge in [0.2, 0.25) is 0 Å². The molecule has 0 aliphatic carbocycles. The minimum Gasteiger partial charge on any atom is -0.388 e. The minimum atomic E-state index is -3.90. The molecule has 0 bridgehead atoms. The molecule has 0 aromatic carbocycles. The number of nitrogen functional groups attached to an aromatic ring is 1. The molecule has 5 rings (SSSR count).